The van der Waals surface area contributed by atoms with Crippen LogP contribution in [0.1, 0.15) is 39.3 Å². The predicted molar refractivity (Wildman–Crippen MR) is 84.3 cm³/mol. The highest BCUT2D eigenvalue weighted by Crippen LogP contribution is 2.22. The summed E-state index contributed by atoms with van der Waals surface area (Å²) in [6.07, 6.45) is 4.17. The Labute approximate surface area is 138 Å². The molecular weight excluding hydrogens is 310 g/mol. The Balaban J connectivity index is 1.41. The molecule has 0 bridgehead atoms. The minimum atomic E-state index is -0.290. The van der Waals surface area contributed by atoms with E-state index in [1.807, 2.05) is 0 Å². The molecule has 1 aromatic heterocycles. The molecule has 2 heterocycles. The Morgan fingerprint density at radius 1 is 1.17 bits per heavy atom. The predicted octanol–water partition coefficient (Wildman–Crippen LogP) is 1.41. The zero-order chi connectivity index (χ0) is 16.9. The molecule has 1 N–H and O–H groups in total. The van der Waals surface area contributed by atoms with Gasteiger partial charge in [-0.25, -0.2) is 4.98 Å². The highest BCUT2D eigenvalue weighted by Gasteiger charge is 2.34. The first-order valence-electron chi connectivity index (χ1n) is 7.76. The van der Waals surface area contributed by atoms with Crippen molar-refractivity contribution in [3.05, 3.63) is 53.7 Å². The number of hydrogen-bond acceptors (Lipinski definition) is 5. The molecule has 0 saturated heterocycles. The number of oxazole rings is 1. The lowest BCUT2D eigenvalue weighted by atomic mass is 10.1. The number of hydrogen-bond donors (Lipinski definition) is 1. The summed E-state index contributed by atoms with van der Waals surface area (Å²) >= 11 is 0. The number of benzene rings is 1. The summed E-state index contributed by atoms with van der Waals surface area (Å²) in [5.41, 5.74) is 1.64. The molecular formula is C17H17N3O4. The van der Waals surface area contributed by atoms with E-state index in [9.17, 15) is 14.4 Å². The van der Waals surface area contributed by atoms with Crippen LogP contribution in [0.4, 0.5) is 0 Å². The molecule has 1 aliphatic rings. The Kier molecular flexibility index (Phi) is 4.69. The van der Waals surface area contributed by atoms with Crippen molar-refractivity contribution in [3.8, 4) is 0 Å². The summed E-state index contributed by atoms with van der Waals surface area (Å²) in [4.78, 5) is 41.3. The highest BCUT2D eigenvalue weighted by molar-refractivity contribution is 6.21. The normalized spacial score (nSPS) is 13.2. The third kappa shape index (κ3) is 3.34. The summed E-state index contributed by atoms with van der Waals surface area (Å²) in [5, 5.41) is 2.78. The Morgan fingerprint density at radius 3 is 2.50 bits per heavy atom. The average Bonchev–Trinajstić information content (AvgIpc) is 3.18. The molecule has 7 heteroatoms. The van der Waals surface area contributed by atoms with Crippen LogP contribution in [0.15, 0.2) is 41.3 Å². The number of amides is 3. The second kappa shape index (κ2) is 7.08. The highest BCUT2D eigenvalue weighted by atomic mass is 16.3. The zero-order valence-corrected chi connectivity index (χ0v) is 13.0. The van der Waals surface area contributed by atoms with Gasteiger partial charge in [0.05, 0.1) is 16.8 Å². The number of nitrogens with zero attached hydrogens (tertiary/aromatic N) is 2. The summed E-state index contributed by atoms with van der Waals surface area (Å²) in [6, 6.07) is 6.75. The van der Waals surface area contributed by atoms with Crippen LogP contribution >= 0.6 is 0 Å². The lowest BCUT2D eigenvalue weighted by Gasteiger charge is -2.13. The van der Waals surface area contributed by atoms with Crippen LogP contribution in [0.5, 0.6) is 0 Å². The third-order valence-electron chi connectivity index (χ3n) is 3.85. The number of carbonyl (C=O) groups is 3. The minimum Gasteiger partial charge on any atom is -0.451 e. The molecule has 0 fully saturated rings. The van der Waals surface area contributed by atoms with Crippen molar-refractivity contribution in [2.75, 3.05) is 13.1 Å². The van der Waals surface area contributed by atoms with Crippen LogP contribution in [0, 0.1) is 0 Å². The van der Waals surface area contributed by atoms with Crippen molar-refractivity contribution >= 4 is 17.7 Å². The van der Waals surface area contributed by atoms with E-state index in [1.165, 1.54) is 17.6 Å². The molecule has 0 radical (unpaired) electrons. The van der Waals surface area contributed by atoms with Gasteiger partial charge in [0.1, 0.15) is 6.26 Å². The maximum Gasteiger partial charge on any atom is 0.261 e. The molecule has 24 heavy (non-hydrogen) atoms. The molecule has 0 spiro atoms. The van der Waals surface area contributed by atoms with Gasteiger partial charge in [-0.1, -0.05) is 12.1 Å². The third-order valence-corrected chi connectivity index (χ3v) is 3.85. The molecule has 1 aliphatic heterocycles. The number of rotatable bonds is 7. The average molecular weight is 327 g/mol. The number of aromatic nitrogens is 1. The summed E-state index contributed by atoms with van der Waals surface area (Å²) in [6.45, 7) is 0.710. The quantitative estimate of drug-likeness (QED) is 0.776. The maximum absolute atomic E-state index is 12.2. The minimum absolute atomic E-state index is 0.116. The van der Waals surface area contributed by atoms with Gasteiger partial charge in [0, 0.05) is 25.9 Å². The molecule has 2 aromatic rings. The Bertz CT molecular complexity index is 720. The first kappa shape index (κ1) is 15.9. The summed E-state index contributed by atoms with van der Waals surface area (Å²) < 4.78 is 4.85. The second-order valence-corrected chi connectivity index (χ2v) is 5.49. The number of fused-ring (bicyclic) bond motifs is 1. The Morgan fingerprint density at radius 2 is 1.88 bits per heavy atom. The van der Waals surface area contributed by atoms with E-state index in [1.54, 1.807) is 24.3 Å². The lowest BCUT2D eigenvalue weighted by Crippen LogP contribution is -2.32. The fourth-order valence-corrected chi connectivity index (χ4v) is 2.62. The van der Waals surface area contributed by atoms with Gasteiger partial charge in [0.2, 0.25) is 5.91 Å². The molecule has 124 valence electrons. The smallest absolute Gasteiger partial charge is 0.261 e. The monoisotopic (exact) mass is 327 g/mol. The molecule has 0 unspecified atom stereocenters. The molecule has 0 atom stereocenters. The fourth-order valence-electron chi connectivity index (χ4n) is 2.62. The van der Waals surface area contributed by atoms with Crippen molar-refractivity contribution < 1.29 is 18.8 Å². The SMILES string of the molecule is O=C(CCCN1C(=O)c2ccccc2C1=O)NCCc1cocn1. The van der Waals surface area contributed by atoms with Gasteiger partial charge in [0.25, 0.3) is 11.8 Å². The topological polar surface area (TPSA) is 92.5 Å². The largest absolute Gasteiger partial charge is 0.451 e. The van der Waals surface area contributed by atoms with Crippen LogP contribution in [-0.2, 0) is 11.2 Å². The molecule has 7 nitrogen and oxygen atoms in total. The van der Waals surface area contributed by atoms with Crippen LogP contribution in [0.2, 0.25) is 0 Å². The van der Waals surface area contributed by atoms with E-state index in [2.05, 4.69) is 10.3 Å². The van der Waals surface area contributed by atoms with Gasteiger partial charge < -0.3 is 9.73 Å². The number of imide groups is 1. The first-order chi connectivity index (χ1) is 11.7. The second-order valence-electron chi connectivity index (χ2n) is 5.49. The molecule has 3 rings (SSSR count). The number of carbonyl (C=O) groups excluding carboxylic acids is 3. The summed E-state index contributed by atoms with van der Waals surface area (Å²) in [7, 11) is 0. The van der Waals surface area contributed by atoms with Gasteiger partial charge in [-0.2, -0.15) is 0 Å². The fraction of sp³-hybridized carbons (Fsp3) is 0.294. The van der Waals surface area contributed by atoms with Gasteiger partial charge >= 0.3 is 0 Å². The van der Waals surface area contributed by atoms with E-state index in [0.717, 1.165) is 5.69 Å². The van der Waals surface area contributed by atoms with Crippen molar-refractivity contribution in [1.82, 2.24) is 15.2 Å². The van der Waals surface area contributed by atoms with E-state index < -0.39 is 0 Å². The van der Waals surface area contributed by atoms with Crippen LogP contribution in [-0.4, -0.2) is 40.7 Å². The van der Waals surface area contributed by atoms with Crippen molar-refractivity contribution in [3.63, 3.8) is 0 Å². The number of nitrogens with one attached hydrogen (secondary N) is 1. The summed E-state index contributed by atoms with van der Waals surface area (Å²) in [5.74, 6) is -0.695. The Hall–Kier alpha value is -2.96. The maximum atomic E-state index is 12.2. The van der Waals surface area contributed by atoms with E-state index in [0.29, 0.717) is 30.5 Å². The van der Waals surface area contributed by atoms with E-state index in [-0.39, 0.29) is 30.7 Å². The standard InChI is InChI=1S/C17H17N3O4/c21-15(18-8-7-12-10-24-11-19-12)6-3-9-20-16(22)13-4-1-2-5-14(13)17(20)23/h1-2,4-5,10-11H,3,6-9H2,(H,18,21). The zero-order valence-electron chi connectivity index (χ0n) is 13.0. The van der Waals surface area contributed by atoms with Crippen molar-refractivity contribution in [2.45, 2.75) is 19.3 Å². The van der Waals surface area contributed by atoms with Crippen molar-refractivity contribution in [1.29, 1.82) is 0 Å². The van der Waals surface area contributed by atoms with Crippen LogP contribution < -0.4 is 5.32 Å². The van der Waals surface area contributed by atoms with Gasteiger partial charge in [-0.3, -0.25) is 19.3 Å². The lowest BCUT2D eigenvalue weighted by molar-refractivity contribution is -0.121. The van der Waals surface area contributed by atoms with Crippen LogP contribution in [0.3, 0.4) is 0 Å². The van der Waals surface area contributed by atoms with E-state index >= 15 is 0 Å². The molecule has 3 amide bonds. The molecule has 0 aliphatic carbocycles. The van der Waals surface area contributed by atoms with Gasteiger partial charge in [-0.15, -0.1) is 0 Å². The van der Waals surface area contributed by atoms with Gasteiger partial charge in [0.15, 0.2) is 6.39 Å². The molecule has 0 saturated carbocycles. The van der Waals surface area contributed by atoms with E-state index in [4.69, 9.17) is 4.42 Å². The first-order valence-corrected chi connectivity index (χ1v) is 7.76. The van der Waals surface area contributed by atoms with Crippen molar-refractivity contribution in [2.24, 2.45) is 0 Å². The van der Waals surface area contributed by atoms with Crippen LogP contribution in [0.25, 0.3) is 0 Å². The molecule has 1 aromatic carbocycles. The van der Waals surface area contributed by atoms with Gasteiger partial charge in [-0.05, 0) is 18.6 Å².